The van der Waals surface area contributed by atoms with Crippen molar-refractivity contribution in [2.45, 2.75) is 0 Å². The fourth-order valence-corrected chi connectivity index (χ4v) is 0. The first-order valence-corrected chi connectivity index (χ1v) is 1.08. The molecule has 2 N–H and O–H groups in total. The second kappa shape index (κ2) is 1.26. The summed E-state index contributed by atoms with van der Waals surface area (Å²) in [6.07, 6.45) is 0. The lowest BCUT2D eigenvalue weighted by atomic mass is 11.0. The maximum Gasteiger partial charge on any atom is 0.0701 e. The molecular weight excluding hydrogens is 56.0 g/mol. The van der Waals surface area contributed by atoms with Crippen molar-refractivity contribution < 1.29 is 10.2 Å². The van der Waals surface area contributed by atoms with Crippen LogP contribution in [0.2, 0.25) is 0 Å². The Morgan fingerprint density at radius 2 is 1.50 bits per heavy atom. The minimum Gasteiger partial charge on any atom is -0.412 e. The zero-order valence-electron chi connectivity index (χ0n) is 2.32. The van der Waals surface area contributed by atoms with E-state index in [1.807, 2.05) is 0 Å². The third-order valence-corrected chi connectivity index (χ3v) is 0.204. The van der Waals surface area contributed by atoms with Crippen LogP contribution in [0.1, 0.15) is 0 Å². The van der Waals surface area contributed by atoms with E-state index in [2.05, 4.69) is 4.74 Å². The molecule has 0 atom stereocenters. The van der Waals surface area contributed by atoms with Crippen LogP contribution in [0.4, 0.5) is 0 Å². The summed E-state index contributed by atoms with van der Waals surface area (Å²) < 4.78 is 4.50. The van der Waals surface area contributed by atoms with Gasteiger partial charge in [0.1, 0.15) is 0 Å². The van der Waals surface area contributed by atoms with Gasteiger partial charge in [0.05, 0.1) is 13.2 Å². The van der Waals surface area contributed by atoms with Crippen molar-refractivity contribution in [3.63, 3.8) is 0 Å². The molecule has 1 saturated heterocycles. The maximum absolute atomic E-state index is 4.50. The maximum atomic E-state index is 4.50. The summed E-state index contributed by atoms with van der Waals surface area (Å²) in [5.41, 5.74) is 0. The number of epoxide rings is 1. The summed E-state index contributed by atoms with van der Waals surface area (Å²) in [4.78, 5) is 0. The highest BCUT2D eigenvalue weighted by Crippen LogP contribution is 1.84. The molecule has 2 nitrogen and oxygen atoms in total. The summed E-state index contributed by atoms with van der Waals surface area (Å²) in [5, 5.41) is 0. The molecule has 1 fully saturated rings. The summed E-state index contributed by atoms with van der Waals surface area (Å²) in [7, 11) is 0. The molecule has 0 aromatic rings. The van der Waals surface area contributed by atoms with E-state index < -0.39 is 0 Å². The standard InChI is InChI=1S/C2H4O.H2O/c1-2-3-1;/h1-2H2;1H2. The molecule has 1 heterocycles. The molecule has 0 unspecified atom stereocenters. The van der Waals surface area contributed by atoms with Crippen LogP contribution in [0, 0.1) is 0 Å². The largest absolute Gasteiger partial charge is 0.412 e. The van der Waals surface area contributed by atoms with E-state index in [1.54, 1.807) is 0 Å². The second-order valence-electron chi connectivity index (χ2n) is 0.612. The third kappa shape index (κ3) is 1.92. The van der Waals surface area contributed by atoms with E-state index in [1.165, 1.54) is 0 Å². The van der Waals surface area contributed by atoms with E-state index in [0.717, 1.165) is 13.2 Å². The van der Waals surface area contributed by atoms with Crippen LogP contribution < -0.4 is 0 Å². The first kappa shape index (κ1) is 3.92. The number of rotatable bonds is 0. The van der Waals surface area contributed by atoms with Gasteiger partial charge in [0.25, 0.3) is 0 Å². The Bertz CT molecular complexity index is 8.75. The van der Waals surface area contributed by atoms with E-state index in [-0.39, 0.29) is 5.48 Å². The fraction of sp³-hybridized carbons (Fsp3) is 1.00. The molecule has 1 aliphatic heterocycles. The topological polar surface area (TPSA) is 44.0 Å². The second-order valence-corrected chi connectivity index (χ2v) is 0.612. The molecule has 26 valence electrons. The predicted molar refractivity (Wildman–Crippen MR) is 14.4 cm³/mol. The Hall–Kier alpha value is -0.0800. The lowest BCUT2D eigenvalue weighted by Crippen LogP contribution is -1.20. The third-order valence-electron chi connectivity index (χ3n) is 0.204. The summed E-state index contributed by atoms with van der Waals surface area (Å²) in [5.74, 6) is 0. The predicted octanol–water partition coefficient (Wildman–Crippen LogP) is -0.808. The van der Waals surface area contributed by atoms with Gasteiger partial charge in [0.2, 0.25) is 0 Å². The molecule has 0 aromatic carbocycles. The van der Waals surface area contributed by atoms with Gasteiger partial charge in [-0.05, 0) is 0 Å². The molecule has 0 spiro atoms. The van der Waals surface area contributed by atoms with Crippen molar-refractivity contribution in [3.8, 4) is 0 Å². The van der Waals surface area contributed by atoms with Crippen molar-refractivity contribution in [1.82, 2.24) is 0 Å². The summed E-state index contributed by atoms with van der Waals surface area (Å²) >= 11 is 0. The van der Waals surface area contributed by atoms with E-state index in [4.69, 9.17) is 0 Å². The zero-order valence-corrected chi connectivity index (χ0v) is 2.32. The van der Waals surface area contributed by atoms with Crippen LogP contribution in [0.3, 0.4) is 0 Å². The van der Waals surface area contributed by atoms with Crippen molar-refractivity contribution in [2.75, 3.05) is 13.2 Å². The Morgan fingerprint density at radius 3 is 1.50 bits per heavy atom. The molecule has 1 rings (SSSR count). The molecular formula is C2H6O2. The monoisotopic (exact) mass is 62.0 g/mol. The normalized spacial score (nSPS) is 18.0. The van der Waals surface area contributed by atoms with Gasteiger partial charge in [0, 0.05) is 0 Å². The van der Waals surface area contributed by atoms with Gasteiger partial charge in [-0.15, -0.1) is 0 Å². The Labute approximate surface area is 24.7 Å². The molecule has 0 saturated carbocycles. The van der Waals surface area contributed by atoms with Crippen molar-refractivity contribution in [2.24, 2.45) is 0 Å². The van der Waals surface area contributed by atoms with Gasteiger partial charge in [-0.2, -0.15) is 0 Å². The van der Waals surface area contributed by atoms with Gasteiger partial charge < -0.3 is 10.2 Å². The van der Waals surface area contributed by atoms with Crippen LogP contribution in [0.15, 0.2) is 0 Å². The lowest BCUT2D eigenvalue weighted by molar-refractivity contribution is 0.475. The van der Waals surface area contributed by atoms with Crippen LogP contribution in [-0.2, 0) is 4.74 Å². The molecule has 0 aromatic heterocycles. The van der Waals surface area contributed by atoms with Crippen molar-refractivity contribution in [3.05, 3.63) is 0 Å². The quantitative estimate of drug-likeness (QED) is 0.338. The molecule has 0 radical (unpaired) electrons. The number of hydrogen-bond acceptors (Lipinski definition) is 1. The summed E-state index contributed by atoms with van der Waals surface area (Å²) in [6.45, 7) is 2.00. The van der Waals surface area contributed by atoms with Crippen LogP contribution in [-0.4, -0.2) is 18.7 Å². The molecule has 0 amide bonds. The minimum atomic E-state index is 0. The number of hydrogen-bond donors (Lipinski definition) is 0. The smallest absolute Gasteiger partial charge is 0.0701 e. The first-order chi connectivity index (χ1) is 1.50. The van der Waals surface area contributed by atoms with E-state index >= 15 is 0 Å². The molecule has 1 aliphatic rings. The lowest BCUT2D eigenvalue weighted by Gasteiger charge is -1.24. The zero-order chi connectivity index (χ0) is 2.12. The average molecular weight is 62.1 g/mol. The summed E-state index contributed by atoms with van der Waals surface area (Å²) in [6, 6.07) is 0. The van der Waals surface area contributed by atoms with Crippen LogP contribution in [0.25, 0.3) is 0 Å². The van der Waals surface area contributed by atoms with E-state index in [0.29, 0.717) is 0 Å². The van der Waals surface area contributed by atoms with Gasteiger partial charge >= 0.3 is 0 Å². The number of ether oxygens (including phenoxy) is 1. The van der Waals surface area contributed by atoms with Crippen molar-refractivity contribution >= 4 is 0 Å². The highest BCUT2D eigenvalue weighted by atomic mass is 16.6. The van der Waals surface area contributed by atoms with Gasteiger partial charge in [0.15, 0.2) is 0 Å². The molecule has 2 heteroatoms. The van der Waals surface area contributed by atoms with Crippen LogP contribution >= 0.6 is 0 Å². The Kier molecular flexibility index (Phi) is 1.24. The SMILES string of the molecule is C1CO1.O. The molecule has 0 aliphatic carbocycles. The van der Waals surface area contributed by atoms with Gasteiger partial charge in [-0.25, -0.2) is 0 Å². The average Bonchev–Trinajstić information content (AvgIpc) is 1.46. The first-order valence-electron chi connectivity index (χ1n) is 1.08. The van der Waals surface area contributed by atoms with Gasteiger partial charge in [-0.1, -0.05) is 0 Å². The highest BCUT2D eigenvalue weighted by molar-refractivity contribution is 4.36. The minimum absolute atomic E-state index is 0. The Balaban J connectivity index is 0.0000000900. The van der Waals surface area contributed by atoms with Gasteiger partial charge in [-0.3, -0.25) is 0 Å². The highest BCUT2D eigenvalue weighted by Gasteiger charge is 1.94. The van der Waals surface area contributed by atoms with E-state index in [9.17, 15) is 0 Å². The molecule has 4 heavy (non-hydrogen) atoms. The molecule has 0 bridgehead atoms. The Morgan fingerprint density at radius 1 is 1.25 bits per heavy atom. The van der Waals surface area contributed by atoms with Crippen LogP contribution in [0.5, 0.6) is 0 Å². The van der Waals surface area contributed by atoms with Crippen molar-refractivity contribution in [1.29, 1.82) is 0 Å². The fourth-order valence-electron chi connectivity index (χ4n) is 0.